The highest BCUT2D eigenvalue weighted by molar-refractivity contribution is 6.70. The van der Waals surface area contributed by atoms with Gasteiger partial charge in [0.2, 0.25) is 12.1 Å². The third-order valence-electron chi connectivity index (χ3n) is 6.73. The van der Waals surface area contributed by atoms with Gasteiger partial charge in [-0.3, -0.25) is 19.4 Å². The molecule has 12 nitrogen and oxygen atoms in total. The number of benzene rings is 2. The van der Waals surface area contributed by atoms with Gasteiger partial charge in [0.1, 0.15) is 11.3 Å². The number of imidazole rings is 1. The standard InChI is InChI=1S/C31H28F2N8O4/c1-19(2)39(4)37-29(31(44)40(18-42)23-8-5-21(32)6-9-23)30(43)36-22-7-10-27(24(33)14-22)45-28-13-20(25-16-38(3)17-34-25)15-41-26(28)11-12-35-41/h5-19H,1-4H3,(H,36,43)/b37-29-. The zero-order valence-corrected chi connectivity index (χ0v) is 24.7. The van der Waals surface area contributed by atoms with E-state index in [1.807, 2.05) is 13.2 Å². The number of rotatable bonds is 10. The Morgan fingerprint density at radius 3 is 2.44 bits per heavy atom. The normalized spacial score (nSPS) is 11.5. The Kier molecular flexibility index (Phi) is 8.65. The van der Waals surface area contributed by atoms with Crippen molar-refractivity contribution in [1.82, 2.24) is 24.2 Å². The molecule has 0 saturated carbocycles. The SMILES string of the molecule is CC(C)N(C)/N=C(/C(=O)Nc1ccc(Oc2cc(-c3cn(C)cn3)cn3nccc23)c(F)c1)C(=O)N(C=O)c1ccc(F)cc1. The summed E-state index contributed by atoms with van der Waals surface area (Å²) in [6, 6.07) is 11.5. The fraction of sp³-hybridized carbons (Fsp3) is 0.161. The third-order valence-corrected chi connectivity index (χ3v) is 6.73. The Labute approximate surface area is 256 Å². The first kappa shape index (κ1) is 30.5. The van der Waals surface area contributed by atoms with E-state index in [4.69, 9.17) is 4.74 Å². The molecule has 0 bridgehead atoms. The van der Waals surface area contributed by atoms with Crippen LogP contribution in [0.1, 0.15) is 13.8 Å². The minimum absolute atomic E-state index is 0.00581. The molecule has 45 heavy (non-hydrogen) atoms. The van der Waals surface area contributed by atoms with Gasteiger partial charge < -0.3 is 14.6 Å². The number of nitrogens with zero attached hydrogens (tertiary/aromatic N) is 7. The van der Waals surface area contributed by atoms with Crippen LogP contribution >= 0.6 is 0 Å². The highest BCUT2D eigenvalue weighted by Gasteiger charge is 2.29. The fourth-order valence-corrected chi connectivity index (χ4v) is 4.15. The summed E-state index contributed by atoms with van der Waals surface area (Å²) < 4.78 is 38.1. The van der Waals surface area contributed by atoms with E-state index in [1.54, 1.807) is 60.8 Å². The van der Waals surface area contributed by atoms with Crippen molar-refractivity contribution in [3.05, 3.63) is 91.1 Å². The Hall–Kier alpha value is -5.92. The Balaban J connectivity index is 1.40. The summed E-state index contributed by atoms with van der Waals surface area (Å²) in [5, 5.41) is 12.2. The van der Waals surface area contributed by atoms with Gasteiger partial charge in [-0.05, 0) is 62.4 Å². The molecule has 2 aromatic carbocycles. The first-order chi connectivity index (χ1) is 21.5. The van der Waals surface area contributed by atoms with Gasteiger partial charge in [0.15, 0.2) is 17.3 Å². The second kappa shape index (κ2) is 12.8. The van der Waals surface area contributed by atoms with Gasteiger partial charge in [-0.2, -0.15) is 10.2 Å². The molecule has 5 aromatic rings. The minimum Gasteiger partial charge on any atom is -0.452 e. The van der Waals surface area contributed by atoms with E-state index in [-0.39, 0.29) is 29.6 Å². The van der Waals surface area contributed by atoms with Crippen molar-refractivity contribution in [3.63, 3.8) is 0 Å². The highest BCUT2D eigenvalue weighted by atomic mass is 19.1. The van der Waals surface area contributed by atoms with E-state index in [0.717, 1.165) is 18.2 Å². The summed E-state index contributed by atoms with van der Waals surface area (Å²) in [4.78, 5) is 43.5. The smallest absolute Gasteiger partial charge is 0.291 e. The topological polar surface area (TPSA) is 126 Å². The zero-order valence-electron chi connectivity index (χ0n) is 24.7. The van der Waals surface area contributed by atoms with Crippen LogP contribution in [0.15, 0.2) is 84.6 Å². The summed E-state index contributed by atoms with van der Waals surface area (Å²) in [5.74, 6) is -3.27. The van der Waals surface area contributed by atoms with Gasteiger partial charge in [0.25, 0.3) is 11.8 Å². The molecule has 0 saturated heterocycles. The average Bonchev–Trinajstić information content (AvgIpc) is 3.67. The van der Waals surface area contributed by atoms with E-state index >= 15 is 4.39 Å². The molecule has 0 aliphatic carbocycles. The maximum Gasteiger partial charge on any atom is 0.291 e. The number of aryl methyl sites for hydroxylation is 1. The summed E-state index contributed by atoms with van der Waals surface area (Å²) >= 11 is 0. The molecule has 230 valence electrons. The van der Waals surface area contributed by atoms with E-state index < -0.39 is 29.2 Å². The van der Waals surface area contributed by atoms with Crippen LogP contribution in [0.4, 0.5) is 20.2 Å². The lowest BCUT2D eigenvalue weighted by atomic mass is 10.2. The fourth-order valence-electron chi connectivity index (χ4n) is 4.15. The predicted molar refractivity (Wildman–Crippen MR) is 163 cm³/mol. The Morgan fingerprint density at radius 2 is 1.80 bits per heavy atom. The van der Waals surface area contributed by atoms with Crippen molar-refractivity contribution in [2.75, 3.05) is 17.3 Å². The monoisotopic (exact) mass is 614 g/mol. The molecule has 3 amide bonds. The number of halogens is 2. The first-order valence-corrected chi connectivity index (χ1v) is 13.6. The molecular weight excluding hydrogens is 586 g/mol. The summed E-state index contributed by atoms with van der Waals surface area (Å²) in [6.07, 6.45) is 7.03. The molecule has 0 radical (unpaired) electrons. The van der Waals surface area contributed by atoms with Crippen LogP contribution in [0.25, 0.3) is 16.8 Å². The summed E-state index contributed by atoms with van der Waals surface area (Å²) in [6.45, 7) is 3.55. The maximum atomic E-state index is 15.3. The lowest BCUT2D eigenvalue weighted by Gasteiger charge is -2.21. The number of hydrogen-bond donors (Lipinski definition) is 1. The summed E-state index contributed by atoms with van der Waals surface area (Å²) in [7, 11) is 3.38. The maximum absolute atomic E-state index is 15.3. The second-order valence-corrected chi connectivity index (χ2v) is 10.3. The molecule has 0 unspecified atom stereocenters. The number of nitrogens with one attached hydrogen (secondary N) is 1. The van der Waals surface area contributed by atoms with Crippen LogP contribution in [-0.2, 0) is 21.4 Å². The van der Waals surface area contributed by atoms with Crippen LogP contribution in [-0.4, -0.2) is 61.2 Å². The minimum atomic E-state index is -1.07. The molecule has 14 heteroatoms. The molecule has 0 spiro atoms. The van der Waals surface area contributed by atoms with E-state index in [1.165, 1.54) is 29.3 Å². The molecule has 0 aliphatic heterocycles. The number of amides is 3. The van der Waals surface area contributed by atoms with Crippen LogP contribution in [0.5, 0.6) is 11.5 Å². The molecule has 0 fully saturated rings. The number of anilines is 2. The molecule has 1 N–H and O–H groups in total. The van der Waals surface area contributed by atoms with Crippen LogP contribution in [0, 0.1) is 11.6 Å². The molecular formula is C31H28F2N8O4. The first-order valence-electron chi connectivity index (χ1n) is 13.6. The third kappa shape index (κ3) is 6.69. The van der Waals surface area contributed by atoms with Gasteiger partial charge in [0.05, 0.1) is 23.9 Å². The van der Waals surface area contributed by atoms with E-state index in [0.29, 0.717) is 27.4 Å². The van der Waals surface area contributed by atoms with E-state index in [2.05, 4.69) is 20.5 Å². The van der Waals surface area contributed by atoms with Crippen LogP contribution in [0.2, 0.25) is 0 Å². The molecule has 3 heterocycles. The van der Waals surface area contributed by atoms with Crippen LogP contribution < -0.4 is 15.0 Å². The molecule has 3 aromatic heterocycles. The van der Waals surface area contributed by atoms with Gasteiger partial charge >= 0.3 is 0 Å². The Bertz CT molecular complexity index is 1920. The van der Waals surface area contributed by atoms with Crippen molar-refractivity contribution < 1.29 is 27.9 Å². The molecule has 0 atom stereocenters. The van der Waals surface area contributed by atoms with Crippen molar-refractivity contribution in [2.45, 2.75) is 19.9 Å². The zero-order chi connectivity index (χ0) is 32.2. The van der Waals surface area contributed by atoms with Crippen molar-refractivity contribution in [1.29, 1.82) is 0 Å². The van der Waals surface area contributed by atoms with Gasteiger partial charge in [-0.15, -0.1) is 0 Å². The number of hydrogen-bond acceptors (Lipinski definition) is 8. The number of pyridine rings is 1. The number of hydrazone groups is 1. The molecule has 0 aliphatic rings. The lowest BCUT2D eigenvalue weighted by molar-refractivity contribution is -0.118. The Morgan fingerprint density at radius 1 is 1.04 bits per heavy atom. The van der Waals surface area contributed by atoms with Crippen molar-refractivity contribution in [2.24, 2.45) is 12.1 Å². The number of carbonyl (C=O) groups excluding carboxylic acids is 3. The van der Waals surface area contributed by atoms with Crippen LogP contribution in [0.3, 0.4) is 0 Å². The number of aromatic nitrogens is 4. The average molecular weight is 615 g/mol. The second-order valence-electron chi connectivity index (χ2n) is 10.3. The van der Waals surface area contributed by atoms with Gasteiger partial charge in [0, 0.05) is 49.8 Å². The summed E-state index contributed by atoms with van der Waals surface area (Å²) in [5.41, 5.74) is 1.31. The number of fused-ring (bicyclic) bond motifs is 1. The van der Waals surface area contributed by atoms with E-state index in [9.17, 15) is 18.8 Å². The number of ether oxygens (including phenoxy) is 1. The number of imide groups is 1. The van der Waals surface area contributed by atoms with Gasteiger partial charge in [-0.25, -0.2) is 23.2 Å². The van der Waals surface area contributed by atoms with Crippen molar-refractivity contribution >= 4 is 40.8 Å². The quantitative estimate of drug-likeness (QED) is 0.105. The molecule has 5 rings (SSSR count). The van der Waals surface area contributed by atoms with Crippen molar-refractivity contribution in [3.8, 4) is 22.8 Å². The number of carbonyl (C=O) groups is 3. The lowest BCUT2D eigenvalue weighted by Crippen LogP contribution is -2.43. The highest BCUT2D eigenvalue weighted by Crippen LogP contribution is 2.33. The largest absolute Gasteiger partial charge is 0.452 e. The predicted octanol–water partition coefficient (Wildman–Crippen LogP) is 4.63. The van der Waals surface area contributed by atoms with Gasteiger partial charge in [-0.1, -0.05) is 0 Å².